The second-order valence-corrected chi connectivity index (χ2v) is 2.80. The lowest BCUT2D eigenvalue weighted by Crippen LogP contribution is -2.10. The van der Waals surface area contributed by atoms with Gasteiger partial charge in [-0.15, -0.1) is 0 Å². The Kier molecular flexibility index (Phi) is 2.13. The van der Waals surface area contributed by atoms with E-state index < -0.39 is 5.97 Å². The maximum atomic E-state index is 10.9. The van der Waals surface area contributed by atoms with Gasteiger partial charge in [-0.1, -0.05) is 0 Å². The van der Waals surface area contributed by atoms with Crippen LogP contribution in [0.1, 0.15) is 16.2 Å². The van der Waals surface area contributed by atoms with Crippen molar-refractivity contribution in [2.24, 2.45) is 0 Å². The predicted molar refractivity (Wildman–Crippen MR) is 48.6 cm³/mol. The molecule has 7 nitrogen and oxygen atoms in total. The van der Waals surface area contributed by atoms with Gasteiger partial charge in [-0.3, -0.25) is 0 Å². The molecule has 2 aromatic rings. The summed E-state index contributed by atoms with van der Waals surface area (Å²) >= 11 is 0. The summed E-state index contributed by atoms with van der Waals surface area (Å²) in [7, 11) is 0. The van der Waals surface area contributed by atoms with Crippen LogP contribution >= 0.6 is 0 Å². The largest absolute Gasteiger partial charge is 0.477 e. The number of aromatic nitrogens is 5. The van der Waals surface area contributed by atoms with E-state index in [0.29, 0.717) is 5.82 Å². The first-order valence-corrected chi connectivity index (χ1v) is 4.10. The SMILES string of the molecule is Cc1ncc(C(=O)O)c(-n2cncn2)n1. The Morgan fingerprint density at radius 3 is 2.93 bits per heavy atom. The summed E-state index contributed by atoms with van der Waals surface area (Å²) < 4.78 is 1.29. The van der Waals surface area contributed by atoms with Gasteiger partial charge in [0.2, 0.25) is 0 Å². The Morgan fingerprint density at radius 2 is 2.33 bits per heavy atom. The first-order chi connectivity index (χ1) is 7.18. The normalized spacial score (nSPS) is 10.2. The fourth-order valence-corrected chi connectivity index (χ4v) is 1.10. The molecule has 0 bridgehead atoms. The molecule has 0 aliphatic carbocycles. The average molecular weight is 205 g/mol. The first kappa shape index (κ1) is 9.25. The highest BCUT2D eigenvalue weighted by atomic mass is 16.4. The molecule has 1 N–H and O–H groups in total. The van der Waals surface area contributed by atoms with E-state index in [0.717, 1.165) is 0 Å². The molecule has 0 unspecified atom stereocenters. The maximum Gasteiger partial charge on any atom is 0.341 e. The van der Waals surface area contributed by atoms with Crippen molar-refractivity contribution in [1.82, 2.24) is 24.7 Å². The smallest absolute Gasteiger partial charge is 0.341 e. The van der Waals surface area contributed by atoms with Crippen LogP contribution in [0.3, 0.4) is 0 Å². The Labute approximate surface area is 84.4 Å². The molecule has 0 aliphatic heterocycles. The molecule has 15 heavy (non-hydrogen) atoms. The molecule has 0 radical (unpaired) electrons. The Morgan fingerprint density at radius 1 is 1.53 bits per heavy atom. The fourth-order valence-electron chi connectivity index (χ4n) is 1.10. The molecule has 0 amide bonds. The third-order valence-corrected chi connectivity index (χ3v) is 1.76. The summed E-state index contributed by atoms with van der Waals surface area (Å²) in [6.45, 7) is 1.67. The minimum absolute atomic E-state index is 0.00824. The lowest BCUT2D eigenvalue weighted by Gasteiger charge is -2.03. The van der Waals surface area contributed by atoms with Gasteiger partial charge in [0.25, 0.3) is 0 Å². The van der Waals surface area contributed by atoms with Crippen molar-refractivity contribution >= 4 is 5.97 Å². The monoisotopic (exact) mass is 205 g/mol. The molecule has 2 aromatic heterocycles. The van der Waals surface area contributed by atoms with E-state index in [4.69, 9.17) is 5.11 Å². The number of nitrogens with zero attached hydrogens (tertiary/aromatic N) is 5. The third-order valence-electron chi connectivity index (χ3n) is 1.76. The molecule has 0 saturated carbocycles. The van der Waals surface area contributed by atoms with Crippen LogP contribution in [0.15, 0.2) is 18.9 Å². The molecular weight excluding hydrogens is 198 g/mol. The lowest BCUT2D eigenvalue weighted by atomic mass is 10.3. The molecule has 0 spiro atoms. The second kappa shape index (κ2) is 3.45. The van der Waals surface area contributed by atoms with E-state index in [9.17, 15) is 4.79 Å². The van der Waals surface area contributed by atoms with Crippen LogP contribution < -0.4 is 0 Å². The zero-order valence-corrected chi connectivity index (χ0v) is 7.82. The molecule has 0 atom stereocenters. The van der Waals surface area contributed by atoms with Crippen LogP contribution in [-0.2, 0) is 0 Å². The van der Waals surface area contributed by atoms with E-state index in [2.05, 4.69) is 20.1 Å². The van der Waals surface area contributed by atoms with E-state index >= 15 is 0 Å². The van der Waals surface area contributed by atoms with Crippen LogP contribution in [0, 0.1) is 6.92 Å². The van der Waals surface area contributed by atoms with Crippen molar-refractivity contribution in [3.05, 3.63) is 30.2 Å². The number of carbonyl (C=O) groups is 1. The van der Waals surface area contributed by atoms with Crippen molar-refractivity contribution in [3.63, 3.8) is 0 Å². The summed E-state index contributed by atoms with van der Waals surface area (Å²) in [4.78, 5) is 22.4. The highest BCUT2D eigenvalue weighted by Crippen LogP contribution is 2.09. The predicted octanol–water partition coefficient (Wildman–Crippen LogP) is 0.0639. The molecular formula is C8H7N5O2. The van der Waals surface area contributed by atoms with E-state index in [1.807, 2.05) is 0 Å². The number of carboxylic acid groups (broad SMARTS) is 1. The van der Waals surface area contributed by atoms with Gasteiger partial charge in [0.05, 0.1) is 0 Å². The third kappa shape index (κ3) is 1.66. The molecule has 7 heteroatoms. The minimum Gasteiger partial charge on any atom is -0.477 e. The van der Waals surface area contributed by atoms with Crippen LogP contribution in [-0.4, -0.2) is 35.8 Å². The number of aromatic carboxylic acids is 1. The standard InChI is InChI=1S/C8H7N5O2/c1-5-10-2-6(8(14)15)7(12-5)13-4-9-3-11-13/h2-4H,1H3,(H,14,15). The average Bonchev–Trinajstić information content (AvgIpc) is 2.69. The van der Waals surface area contributed by atoms with E-state index in [1.54, 1.807) is 6.92 Å². The topological polar surface area (TPSA) is 93.8 Å². The van der Waals surface area contributed by atoms with Crippen LogP contribution in [0.5, 0.6) is 0 Å². The highest BCUT2D eigenvalue weighted by Gasteiger charge is 2.14. The summed E-state index contributed by atoms with van der Waals surface area (Å²) in [5.74, 6) is -0.404. The number of rotatable bonds is 2. The molecule has 2 heterocycles. The molecule has 0 saturated heterocycles. The fraction of sp³-hybridized carbons (Fsp3) is 0.125. The van der Waals surface area contributed by atoms with E-state index in [1.165, 1.54) is 23.5 Å². The number of hydrogen-bond donors (Lipinski definition) is 1. The Balaban J connectivity index is 2.63. The van der Waals surface area contributed by atoms with Gasteiger partial charge < -0.3 is 5.11 Å². The summed E-state index contributed by atoms with van der Waals surface area (Å²) in [5.41, 5.74) is -0.00824. The molecule has 2 rings (SSSR count). The molecule has 76 valence electrons. The highest BCUT2D eigenvalue weighted by molar-refractivity contribution is 5.90. The molecule has 0 fully saturated rings. The van der Waals surface area contributed by atoms with Gasteiger partial charge in [0.15, 0.2) is 5.82 Å². The van der Waals surface area contributed by atoms with Crippen molar-refractivity contribution in [3.8, 4) is 5.82 Å². The Bertz CT molecular complexity index is 494. The zero-order chi connectivity index (χ0) is 10.8. The quantitative estimate of drug-likeness (QED) is 0.745. The van der Waals surface area contributed by atoms with Gasteiger partial charge in [0, 0.05) is 6.20 Å². The van der Waals surface area contributed by atoms with Gasteiger partial charge in [0.1, 0.15) is 24.0 Å². The van der Waals surface area contributed by atoms with Gasteiger partial charge in [-0.25, -0.2) is 24.4 Å². The van der Waals surface area contributed by atoms with Crippen LogP contribution in [0.2, 0.25) is 0 Å². The van der Waals surface area contributed by atoms with Crippen molar-refractivity contribution in [2.75, 3.05) is 0 Å². The van der Waals surface area contributed by atoms with Gasteiger partial charge in [-0.2, -0.15) is 5.10 Å². The maximum absolute atomic E-state index is 10.9. The first-order valence-electron chi connectivity index (χ1n) is 4.10. The number of aryl methyl sites for hydroxylation is 1. The zero-order valence-electron chi connectivity index (χ0n) is 7.82. The van der Waals surface area contributed by atoms with Gasteiger partial charge >= 0.3 is 5.97 Å². The van der Waals surface area contributed by atoms with Crippen LogP contribution in [0.25, 0.3) is 5.82 Å². The summed E-state index contributed by atoms with van der Waals surface area (Å²) in [6.07, 6.45) is 3.94. The number of hydrogen-bond acceptors (Lipinski definition) is 5. The second-order valence-electron chi connectivity index (χ2n) is 2.80. The lowest BCUT2D eigenvalue weighted by molar-refractivity contribution is 0.0695. The molecule has 0 aromatic carbocycles. The van der Waals surface area contributed by atoms with Crippen molar-refractivity contribution in [1.29, 1.82) is 0 Å². The van der Waals surface area contributed by atoms with Crippen molar-refractivity contribution < 1.29 is 9.90 Å². The Hall–Kier alpha value is -2.31. The summed E-state index contributed by atoms with van der Waals surface area (Å²) in [6, 6.07) is 0. The minimum atomic E-state index is -1.10. The molecule has 0 aliphatic rings. The number of carboxylic acids is 1. The van der Waals surface area contributed by atoms with Crippen molar-refractivity contribution in [2.45, 2.75) is 6.92 Å². The van der Waals surface area contributed by atoms with Crippen LogP contribution in [0.4, 0.5) is 0 Å². The van der Waals surface area contributed by atoms with Gasteiger partial charge in [-0.05, 0) is 6.92 Å². The summed E-state index contributed by atoms with van der Waals surface area (Å²) in [5, 5.41) is 12.7. The van der Waals surface area contributed by atoms with E-state index in [-0.39, 0.29) is 11.4 Å².